The van der Waals surface area contributed by atoms with Gasteiger partial charge in [0.15, 0.2) is 0 Å². The fourth-order valence-electron chi connectivity index (χ4n) is 6.95. The third kappa shape index (κ3) is 6.27. The normalized spacial score (nSPS) is 35.7. The van der Waals surface area contributed by atoms with Crippen LogP contribution in [0.5, 0.6) is 0 Å². The van der Waals surface area contributed by atoms with E-state index in [9.17, 15) is 0 Å². The van der Waals surface area contributed by atoms with Gasteiger partial charge >= 0.3 is 0 Å². The summed E-state index contributed by atoms with van der Waals surface area (Å²) in [6.45, 7) is 19.6. The van der Waals surface area contributed by atoms with Gasteiger partial charge in [-0.3, -0.25) is 0 Å². The molecule has 2 saturated carbocycles. The molecule has 0 bridgehead atoms. The molecule has 2 rings (SSSR count). The molecule has 2 aliphatic carbocycles. The van der Waals surface area contributed by atoms with Gasteiger partial charge in [-0.2, -0.15) is 0 Å². The molecule has 0 nitrogen and oxygen atoms in total. The Morgan fingerprint density at radius 2 is 1.50 bits per heavy atom. The lowest BCUT2D eigenvalue weighted by Gasteiger charge is -2.38. The minimum Gasteiger partial charge on any atom is -0.0651 e. The molecule has 0 spiro atoms. The first-order chi connectivity index (χ1) is 12.1. The predicted molar refractivity (Wildman–Crippen MR) is 117 cm³/mol. The second-order valence-electron chi connectivity index (χ2n) is 12.1. The standard InChI is InChI=1S/C26H50/c1-9-21(14-18(2)3)24-15-19(4)25(16-24)23-12-10-22(11-13-23)20(5)17-26(6,7)8/h18-25H,9-17H2,1-8H3. The van der Waals surface area contributed by atoms with Gasteiger partial charge in [-0.25, -0.2) is 0 Å². The highest BCUT2D eigenvalue weighted by Gasteiger charge is 2.40. The summed E-state index contributed by atoms with van der Waals surface area (Å²) < 4.78 is 0. The molecular weight excluding hydrogens is 312 g/mol. The minimum atomic E-state index is 0.495. The fourth-order valence-corrected chi connectivity index (χ4v) is 6.95. The molecule has 0 aliphatic heterocycles. The first-order valence-electron chi connectivity index (χ1n) is 12.1. The van der Waals surface area contributed by atoms with Gasteiger partial charge in [-0.05, 0) is 104 Å². The van der Waals surface area contributed by atoms with E-state index in [4.69, 9.17) is 0 Å². The van der Waals surface area contributed by atoms with Crippen LogP contribution in [0.1, 0.15) is 113 Å². The summed E-state index contributed by atoms with van der Waals surface area (Å²) in [5.41, 5.74) is 0.495. The van der Waals surface area contributed by atoms with Crippen LogP contribution < -0.4 is 0 Å². The van der Waals surface area contributed by atoms with Crippen molar-refractivity contribution in [2.45, 2.75) is 113 Å². The molecule has 0 aromatic carbocycles. The Bertz CT molecular complexity index is 393. The van der Waals surface area contributed by atoms with E-state index >= 15 is 0 Å². The van der Waals surface area contributed by atoms with E-state index in [0.29, 0.717) is 5.41 Å². The van der Waals surface area contributed by atoms with Crippen LogP contribution in [0, 0.1) is 52.8 Å². The lowest BCUT2D eigenvalue weighted by atomic mass is 9.68. The molecule has 0 heteroatoms. The Morgan fingerprint density at radius 1 is 0.885 bits per heavy atom. The van der Waals surface area contributed by atoms with E-state index in [1.54, 1.807) is 6.42 Å². The van der Waals surface area contributed by atoms with Crippen LogP contribution >= 0.6 is 0 Å². The zero-order valence-corrected chi connectivity index (χ0v) is 19.5. The highest BCUT2D eigenvalue weighted by atomic mass is 14.5. The van der Waals surface area contributed by atoms with Crippen molar-refractivity contribution in [1.29, 1.82) is 0 Å². The van der Waals surface area contributed by atoms with Crippen molar-refractivity contribution < 1.29 is 0 Å². The Balaban J connectivity index is 1.85. The maximum atomic E-state index is 2.58. The van der Waals surface area contributed by atoms with Gasteiger partial charge in [-0.1, -0.05) is 61.8 Å². The highest BCUT2D eigenvalue weighted by Crippen LogP contribution is 2.50. The molecule has 0 aromatic heterocycles. The highest BCUT2D eigenvalue weighted by molar-refractivity contribution is 4.91. The largest absolute Gasteiger partial charge is 0.0651 e. The predicted octanol–water partition coefficient (Wildman–Crippen LogP) is 8.60. The second-order valence-corrected chi connectivity index (χ2v) is 12.1. The maximum absolute atomic E-state index is 2.58. The van der Waals surface area contributed by atoms with E-state index < -0.39 is 0 Å². The van der Waals surface area contributed by atoms with Crippen LogP contribution in [-0.4, -0.2) is 0 Å². The summed E-state index contributed by atoms with van der Waals surface area (Å²) in [4.78, 5) is 0. The molecule has 5 unspecified atom stereocenters. The molecule has 2 aliphatic rings. The molecule has 0 aromatic rings. The zero-order valence-electron chi connectivity index (χ0n) is 19.5. The van der Waals surface area contributed by atoms with E-state index in [-0.39, 0.29) is 0 Å². The topological polar surface area (TPSA) is 0 Å². The molecule has 0 N–H and O–H groups in total. The lowest BCUT2D eigenvalue weighted by Crippen LogP contribution is -2.27. The molecule has 5 atom stereocenters. The minimum absolute atomic E-state index is 0.495. The van der Waals surface area contributed by atoms with Crippen molar-refractivity contribution in [1.82, 2.24) is 0 Å². The van der Waals surface area contributed by atoms with Gasteiger partial charge < -0.3 is 0 Å². The SMILES string of the molecule is CCC(CC(C)C)C1CC(C)C(C2CCC(C(C)CC(C)(C)C)CC2)C1. The molecule has 2 fully saturated rings. The Kier molecular flexibility index (Phi) is 8.12. The molecule has 154 valence electrons. The van der Waals surface area contributed by atoms with Crippen molar-refractivity contribution in [3.05, 3.63) is 0 Å². The van der Waals surface area contributed by atoms with Crippen molar-refractivity contribution >= 4 is 0 Å². The van der Waals surface area contributed by atoms with Crippen LogP contribution in [0.3, 0.4) is 0 Å². The van der Waals surface area contributed by atoms with Crippen LogP contribution in [0.25, 0.3) is 0 Å². The third-order valence-corrected chi connectivity index (χ3v) is 8.11. The Morgan fingerprint density at radius 3 is 2.00 bits per heavy atom. The number of hydrogen-bond donors (Lipinski definition) is 0. The van der Waals surface area contributed by atoms with Crippen molar-refractivity contribution in [3.8, 4) is 0 Å². The molecule has 0 amide bonds. The van der Waals surface area contributed by atoms with Gasteiger partial charge in [0.2, 0.25) is 0 Å². The molecule has 0 radical (unpaired) electrons. The zero-order chi connectivity index (χ0) is 19.5. The first kappa shape index (κ1) is 22.3. The average Bonchev–Trinajstić information content (AvgIpc) is 2.92. The number of hydrogen-bond acceptors (Lipinski definition) is 0. The second kappa shape index (κ2) is 9.47. The summed E-state index contributed by atoms with van der Waals surface area (Å²) >= 11 is 0. The fraction of sp³-hybridized carbons (Fsp3) is 1.00. The smallest absolute Gasteiger partial charge is 0.0357 e. The summed E-state index contributed by atoms with van der Waals surface area (Å²) in [6, 6.07) is 0. The first-order valence-corrected chi connectivity index (χ1v) is 12.1. The van der Waals surface area contributed by atoms with Crippen molar-refractivity contribution in [2.75, 3.05) is 0 Å². The summed E-state index contributed by atoms with van der Waals surface area (Å²) in [5.74, 6) is 7.88. The van der Waals surface area contributed by atoms with E-state index in [0.717, 1.165) is 47.3 Å². The van der Waals surface area contributed by atoms with Gasteiger partial charge in [0.25, 0.3) is 0 Å². The molecule has 0 saturated heterocycles. The van der Waals surface area contributed by atoms with E-state index in [1.165, 1.54) is 51.4 Å². The summed E-state index contributed by atoms with van der Waals surface area (Å²) in [5, 5.41) is 0. The van der Waals surface area contributed by atoms with Crippen LogP contribution in [0.4, 0.5) is 0 Å². The van der Waals surface area contributed by atoms with E-state index in [1.807, 2.05) is 0 Å². The lowest BCUT2D eigenvalue weighted by molar-refractivity contribution is 0.128. The average molecular weight is 363 g/mol. The molecule has 0 heterocycles. The summed E-state index contributed by atoms with van der Waals surface area (Å²) in [7, 11) is 0. The Hall–Kier alpha value is 0. The molecule has 26 heavy (non-hydrogen) atoms. The van der Waals surface area contributed by atoms with Crippen molar-refractivity contribution in [3.63, 3.8) is 0 Å². The van der Waals surface area contributed by atoms with Crippen LogP contribution in [0.15, 0.2) is 0 Å². The van der Waals surface area contributed by atoms with Gasteiger partial charge in [-0.15, -0.1) is 0 Å². The van der Waals surface area contributed by atoms with Crippen molar-refractivity contribution in [2.24, 2.45) is 52.8 Å². The Labute approximate surface area is 166 Å². The van der Waals surface area contributed by atoms with Gasteiger partial charge in [0, 0.05) is 0 Å². The van der Waals surface area contributed by atoms with Gasteiger partial charge in [0.1, 0.15) is 0 Å². The third-order valence-electron chi connectivity index (χ3n) is 8.11. The number of rotatable bonds is 7. The van der Waals surface area contributed by atoms with Crippen LogP contribution in [-0.2, 0) is 0 Å². The van der Waals surface area contributed by atoms with Crippen LogP contribution in [0.2, 0.25) is 0 Å². The monoisotopic (exact) mass is 362 g/mol. The summed E-state index contributed by atoms with van der Waals surface area (Å²) in [6.07, 6.45) is 13.4. The quantitative estimate of drug-likeness (QED) is 0.425. The van der Waals surface area contributed by atoms with Gasteiger partial charge in [0.05, 0.1) is 0 Å². The molecular formula is C26H50. The maximum Gasteiger partial charge on any atom is -0.0357 e. The van der Waals surface area contributed by atoms with E-state index in [2.05, 4.69) is 55.4 Å².